The summed E-state index contributed by atoms with van der Waals surface area (Å²) in [7, 11) is 0. The number of rotatable bonds is 3. The zero-order chi connectivity index (χ0) is 17.5. The number of aromatic nitrogens is 3. The van der Waals surface area contributed by atoms with E-state index in [1.165, 1.54) is 10.9 Å². The predicted molar refractivity (Wildman–Crippen MR) is 100 cm³/mol. The third-order valence-electron chi connectivity index (χ3n) is 5.43. The van der Waals surface area contributed by atoms with Crippen LogP contribution in [0.5, 0.6) is 0 Å². The average Bonchev–Trinajstić information content (AvgIpc) is 3.26. The number of oxazole rings is 1. The zero-order valence-corrected chi connectivity index (χ0v) is 14.4. The molecule has 1 aliphatic rings. The number of likely N-dealkylation sites (tertiary alicyclic amines) is 1. The van der Waals surface area contributed by atoms with E-state index in [0.717, 1.165) is 49.2 Å². The molecule has 3 aromatic heterocycles. The van der Waals surface area contributed by atoms with Gasteiger partial charge in [-0.25, -0.2) is 9.78 Å². The van der Waals surface area contributed by atoms with Crippen LogP contribution in [-0.2, 0) is 6.54 Å². The lowest BCUT2D eigenvalue weighted by molar-refractivity contribution is 0.205. The van der Waals surface area contributed by atoms with Crippen LogP contribution in [0.4, 0.5) is 0 Å². The molecule has 0 saturated carbocycles. The van der Waals surface area contributed by atoms with E-state index < -0.39 is 0 Å². The Bertz CT molecular complexity index is 1120. The molecule has 1 saturated heterocycles. The molecule has 2 N–H and O–H groups in total. The van der Waals surface area contributed by atoms with Crippen LogP contribution in [0.15, 0.2) is 51.9 Å². The number of nitrogens with zero attached hydrogens (tertiary/aromatic N) is 2. The van der Waals surface area contributed by atoms with Gasteiger partial charge in [0.05, 0.1) is 5.52 Å². The largest absolute Gasteiger partial charge is 0.417 e. The minimum Gasteiger partial charge on any atom is -0.408 e. The molecule has 0 atom stereocenters. The fourth-order valence-corrected chi connectivity index (χ4v) is 4.11. The quantitative estimate of drug-likeness (QED) is 0.595. The normalized spacial score (nSPS) is 16.6. The summed E-state index contributed by atoms with van der Waals surface area (Å²) in [6.45, 7) is 2.87. The Morgan fingerprint density at radius 2 is 2.08 bits per heavy atom. The Labute approximate surface area is 149 Å². The number of hydrogen-bond donors (Lipinski definition) is 2. The first-order valence-corrected chi connectivity index (χ1v) is 9.03. The van der Waals surface area contributed by atoms with Crippen molar-refractivity contribution in [2.45, 2.75) is 25.3 Å². The lowest BCUT2D eigenvalue weighted by atomic mass is 9.89. The summed E-state index contributed by atoms with van der Waals surface area (Å²) in [6, 6.07) is 10.0. The molecule has 132 valence electrons. The van der Waals surface area contributed by atoms with Gasteiger partial charge >= 0.3 is 5.76 Å². The van der Waals surface area contributed by atoms with Gasteiger partial charge in [0, 0.05) is 29.9 Å². The van der Waals surface area contributed by atoms with Crippen molar-refractivity contribution in [1.82, 2.24) is 19.9 Å². The standard InChI is InChI=1S/C20H20N4O2/c25-20-23-17-5-1-3-14(18(17)26-20)12-24-9-6-13(7-10-24)16-11-22-19-15(16)4-2-8-21-19/h1-5,8,11,13H,6-7,9-10,12H2,(H,21,22)(H,23,25). The van der Waals surface area contributed by atoms with Crippen LogP contribution in [0, 0.1) is 0 Å². The molecule has 6 heteroatoms. The summed E-state index contributed by atoms with van der Waals surface area (Å²) >= 11 is 0. The first kappa shape index (κ1) is 15.4. The zero-order valence-electron chi connectivity index (χ0n) is 14.4. The number of benzene rings is 1. The van der Waals surface area contributed by atoms with Gasteiger partial charge in [0.15, 0.2) is 5.58 Å². The van der Waals surface area contributed by atoms with Gasteiger partial charge in [0.25, 0.3) is 0 Å². The molecule has 5 rings (SSSR count). The van der Waals surface area contributed by atoms with Crippen LogP contribution >= 0.6 is 0 Å². The van der Waals surface area contributed by atoms with Crippen molar-refractivity contribution >= 4 is 22.1 Å². The molecular weight excluding hydrogens is 328 g/mol. The maximum atomic E-state index is 11.5. The molecule has 0 radical (unpaired) electrons. The van der Waals surface area contributed by atoms with Crippen molar-refractivity contribution in [3.8, 4) is 0 Å². The van der Waals surface area contributed by atoms with Gasteiger partial charge in [0.1, 0.15) is 5.65 Å². The van der Waals surface area contributed by atoms with E-state index in [1.54, 1.807) is 0 Å². The molecule has 0 unspecified atom stereocenters. The molecule has 1 aliphatic heterocycles. The van der Waals surface area contributed by atoms with Crippen LogP contribution in [0.2, 0.25) is 0 Å². The Kier molecular flexibility index (Phi) is 3.64. The number of H-pyrrole nitrogens is 2. The highest BCUT2D eigenvalue weighted by Crippen LogP contribution is 2.33. The second-order valence-corrected chi connectivity index (χ2v) is 7.00. The number of piperidine rings is 1. The highest BCUT2D eigenvalue weighted by molar-refractivity contribution is 5.80. The Balaban J connectivity index is 1.32. The molecule has 1 fully saturated rings. The molecule has 0 bridgehead atoms. The summed E-state index contributed by atoms with van der Waals surface area (Å²) in [6.07, 6.45) is 6.18. The van der Waals surface area contributed by atoms with Gasteiger partial charge < -0.3 is 9.40 Å². The molecule has 1 aromatic carbocycles. The smallest absolute Gasteiger partial charge is 0.408 e. The molecule has 4 heterocycles. The highest BCUT2D eigenvalue weighted by Gasteiger charge is 2.23. The minimum absolute atomic E-state index is 0.390. The lowest BCUT2D eigenvalue weighted by Crippen LogP contribution is -2.32. The highest BCUT2D eigenvalue weighted by atomic mass is 16.4. The number of aromatic amines is 2. The van der Waals surface area contributed by atoms with Gasteiger partial charge in [0.2, 0.25) is 0 Å². The third kappa shape index (κ3) is 2.63. The van der Waals surface area contributed by atoms with Crippen LogP contribution < -0.4 is 5.76 Å². The van der Waals surface area contributed by atoms with Crippen molar-refractivity contribution in [3.05, 3.63) is 64.4 Å². The van der Waals surface area contributed by atoms with E-state index in [-0.39, 0.29) is 5.76 Å². The van der Waals surface area contributed by atoms with E-state index in [9.17, 15) is 4.79 Å². The maximum Gasteiger partial charge on any atom is 0.417 e. The number of pyridine rings is 1. The molecule has 6 nitrogen and oxygen atoms in total. The summed E-state index contributed by atoms with van der Waals surface area (Å²) in [5.41, 5.74) is 4.87. The first-order chi connectivity index (χ1) is 12.8. The number of nitrogens with one attached hydrogen (secondary N) is 2. The summed E-state index contributed by atoms with van der Waals surface area (Å²) < 4.78 is 5.32. The van der Waals surface area contributed by atoms with E-state index in [2.05, 4.69) is 32.1 Å². The first-order valence-electron chi connectivity index (χ1n) is 9.03. The van der Waals surface area contributed by atoms with Crippen molar-refractivity contribution in [1.29, 1.82) is 0 Å². The summed E-state index contributed by atoms with van der Waals surface area (Å²) in [4.78, 5) is 24.3. The Morgan fingerprint density at radius 1 is 1.19 bits per heavy atom. The van der Waals surface area contributed by atoms with E-state index >= 15 is 0 Å². The van der Waals surface area contributed by atoms with E-state index in [0.29, 0.717) is 11.5 Å². The number of para-hydroxylation sites is 1. The summed E-state index contributed by atoms with van der Waals surface area (Å²) in [5.74, 6) is 0.171. The van der Waals surface area contributed by atoms with Crippen LogP contribution in [0.1, 0.15) is 29.9 Å². The second kappa shape index (κ2) is 6.14. The monoisotopic (exact) mass is 348 g/mol. The third-order valence-corrected chi connectivity index (χ3v) is 5.43. The molecule has 4 aromatic rings. The maximum absolute atomic E-state index is 11.5. The summed E-state index contributed by atoms with van der Waals surface area (Å²) in [5, 5.41) is 1.24. The molecular formula is C20H20N4O2. The van der Waals surface area contributed by atoms with Crippen molar-refractivity contribution in [2.75, 3.05) is 13.1 Å². The number of hydrogen-bond acceptors (Lipinski definition) is 4. The van der Waals surface area contributed by atoms with Gasteiger partial charge in [-0.3, -0.25) is 9.88 Å². The number of fused-ring (bicyclic) bond motifs is 2. The fraction of sp³-hybridized carbons (Fsp3) is 0.300. The van der Waals surface area contributed by atoms with Gasteiger partial charge in [-0.2, -0.15) is 0 Å². The minimum atomic E-state index is -0.390. The van der Waals surface area contributed by atoms with Crippen molar-refractivity contribution in [3.63, 3.8) is 0 Å². The second-order valence-electron chi connectivity index (χ2n) is 7.00. The van der Waals surface area contributed by atoms with Gasteiger partial charge in [-0.15, -0.1) is 0 Å². The van der Waals surface area contributed by atoms with Gasteiger partial charge in [-0.05, 0) is 55.6 Å². The molecule has 26 heavy (non-hydrogen) atoms. The topological polar surface area (TPSA) is 77.9 Å². The van der Waals surface area contributed by atoms with Gasteiger partial charge in [-0.1, -0.05) is 12.1 Å². The van der Waals surface area contributed by atoms with Crippen LogP contribution in [0.3, 0.4) is 0 Å². The van der Waals surface area contributed by atoms with Crippen molar-refractivity contribution < 1.29 is 4.42 Å². The average molecular weight is 348 g/mol. The van der Waals surface area contributed by atoms with Crippen LogP contribution in [0.25, 0.3) is 22.1 Å². The van der Waals surface area contributed by atoms with Crippen molar-refractivity contribution in [2.24, 2.45) is 0 Å². The van der Waals surface area contributed by atoms with E-state index in [4.69, 9.17) is 4.42 Å². The lowest BCUT2D eigenvalue weighted by Gasteiger charge is -2.31. The SMILES string of the molecule is O=c1[nH]c2cccc(CN3CCC(c4c[nH]c5ncccc45)CC3)c2o1. The molecule has 0 aliphatic carbocycles. The Morgan fingerprint density at radius 3 is 2.96 bits per heavy atom. The fourth-order valence-electron chi connectivity index (χ4n) is 4.11. The molecule has 0 amide bonds. The molecule has 0 spiro atoms. The van der Waals surface area contributed by atoms with Crippen LogP contribution in [-0.4, -0.2) is 32.9 Å². The Hall–Kier alpha value is -2.86. The predicted octanol–water partition coefficient (Wildman–Crippen LogP) is 3.38. The van der Waals surface area contributed by atoms with E-state index in [1.807, 2.05) is 30.5 Å².